The average Bonchev–Trinajstić information content (AvgIpc) is 2.79. The smallest absolute Gasteiger partial charge is 0.274 e. The third kappa shape index (κ3) is 4.34. The molecule has 0 aliphatic carbocycles. The van der Waals surface area contributed by atoms with Gasteiger partial charge in [-0.05, 0) is 25.0 Å². The van der Waals surface area contributed by atoms with E-state index < -0.39 is 0 Å². The van der Waals surface area contributed by atoms with Gasteiger partial charge in [0.25, 0.3) is 5.91 Å². The largest absolute Gasteiger partial charge is 0.367 e. The maximum Gasteiger partial charge on any atom is 0.274 e. The van der Waals surface area contributed by atoms with Crippen molar-refractivity contribution in [3.63, 3.8) is 0 Å². The molecule has 1 atom stereocenters. The number of benzene rings is 1. The van der Waals surface area contributed by atoms with E-state index in [0.29, 0.717) is 31.9 Å². The molecule has 1 aromatic carbocycles. The molecule has 0 spiro atoms. The van der Waals surface area contributed by atoms with Gasteiger partial charge in [-0.3, -0.25) is 14.6 Å². The SMILES string of the molecule is O=C(c1cnccn1)N1CCCC(C(=O)N2CCN(c3ccccc3Cl)CC2)C1. The van der Waals surface area contributed by atoms with Crippen molar-refractivity contribution < 1.29 is 9.59 Å². The van der Waals surface area contributed by atoms with Gasteiger partial charge >= 0.3 is 0 Å². The van der Waals surface area contributed by atoms with Gasteiger partial charge in [0.15, 0.2) is 0 Å². The molecule has 2 aliphatic heterocycles. The minimum Gasteiger partial charge on any atom is -0.367 e. The van der Waals surface area contributed by atoms with Crippen molar-refractivity contribution in [1.29, 1.82) is 0 Å². The Kier molecular flexibility index (Phi) is 5.94. The van der Waals surface area contributed by atoms with Crippen LogP contribution >= 0.6 is 11.6 Å². The molecule has 29 heavy (non-hydrogen) atoms. The number of aromatic nitrogens is 2. The van der Waals surface area contributed by atoms with Crippen molar-refractivity contribution in [1.82, 2.24) is 19.8 Å². The van der Waals surface area contributed by atoms with Gasteiger partial charge in [0.05, 0.1) is 22.8 Å². The maximum absolute atomic E-state index is 13.1. The summed E-state index contributed by atoms with van der Waals surface area (Å²) in [6, 6.07) is 7.79. The van der Waals surface area contributed by atoms with Crippen molar-refractivity contribution in [2.45, 2.75) is 12.8 Å². The summed E-state index contributed by atoms with van der Waals surface area (Å²) in [5.41, 5.74) is 1.34. The van der Waals surface area contributed by atoms with Crippen molar-refractivity contribution >= 4 is 29.1 Å². The second-order valence-electron chi connectivity index (χ2n) is 7.44. The van der Waals surface area contributed by atoms with E-state index in [2.05, 4.69) is 14.9 Å². The van der Waals surface area contributed by atoms with E-state index in [0.717, 1.165) is 36.6 Å². The van der Waals surface area contributed by atoms with Crippen LogP contribution in [0.4, 0.5) is 5.69 Å². The van der Waals surface area contributed by atoms with Gasteiger partial charge in [-0.2, -0.15) is 0 Å². The molecule has 1 aromatic heterocycles. The number of piperazine rings is 1. The summed E-state index contributed by atoms with van der Waals surface area (Å²) in [7, 11) is 0. The Morgan fingerprint density at radius 2 is 1.79 bits per heavy atom. The Morgan fingerprint density at radius 1 is 1.00 bits per heavy atom. The number of piperidine rings is 1. The first-order chi connectivity index (χ1) is 14.1. The van der Waals surface area contributed by atoms with E-state index in [1.807, 2.05) is 29.2 Å². The van der Waals surface area contributed by atoms with E-state index in [1.165, 1.54) is 12.4 Å². The van der Waals surface area contributed by atoms with Crippen molar-refractivity contribution in [2.24, 2.45) is 5.92 Å². The molecule has 0 saturated carbocycles. The Morgan fingerprint density at radius 3 is 2.52 bits per heavy atom. The molecule has 2 fully saturated rings. The molecular weight excluding hydrogens is 390 g/mol. The fourth-order valence-electron chi connectivity index (χ4n) is 4.07. The quantitative estimate of drug-likeness (QED) is 0.772. The summed E-state index contributed by atoms with van der Waals surface area (Å²) in [6.45, 7) is 3.94. The Bertz CT molecular complexity index is 870. The lowest BCUT2D eigenvalue weighted by Gasteiger charge is -2.39. The molecule has 152 valence electrons. The van der Waals surface area contributed by atoms with Crippen LogP contribution in [0.1, 0.15) is 23.3 Å². The van der Waals surface area contributed by atoms with Crippen LogP contribution in [0.5, 0.6) is 0 Å². The highest BCUT2D eigenvalue weighted by Gasteiger charge is 2.33. The number of nitrogens with zero attached hydrogens (tertiary/aromatic N) is 5. The monoisotopic (exact) mass is 413 g/mol. The average molecular weight is 414 g/mol. The molecule has 7 nitrogen and oxygen atoms in total. The summed E-state index contributed by atoms with van der Waals surface area (Å²) in [6.07, 6.45) is 6.16. The van der Waals surface area contributed by atoms with Crippen LogP contribution in [0.3, 0.4) is 0 Å². The molecule has 4 rings (SSSR count). The van der Waals surface area contributed by atoms with E-state index >= 15 is 0 Å². The number of likely N-dealkylation sites (tertiary alicyclic amines) is 1. The third-order valence-corrected chi connectivity index (χ3v) is 5.94. The Balaban J connectivity index is 1.35. The molecule has 2 saturated heterocycles. The number of halogens is 1. The summed E-state index contributed by atoms with van der Waals surface area (Å²) >= 11 is 6.31. The predicted molar refractivity (Wildman–Crippen MR) is 111 cm³/mol. The van der Waals surface area contributed by atoms with E-state index in [9.17, 15) is 9.59 Å². The van der Waals surface area contributed by atoms with Crippen LogP contribution in [0.25, 0.3) is 0 Å². The number of rotatable bonds is 3. The Labute approximate surface area is 175 Å². The summed E-state index contributed by atoms with van der Waals surface area (Å²) < 4.78 is 0. The van der Waals surface area contributed by atoms with Gasteiger partial charge in [-0.15, -0.1) is 0 Å². The van der Waals surface area contributed by atoms with Crippen LogP contribution in [0.2, 0.25) is 5.02 Å². The Hall–Kier alpha value is -2.67. The molecule has 2 aliphatic rings. The zero-order valence-electron chi connectivity index (χ0n) is 16.2. The van der Waals surface area contributed by atoms with Crippen LogP contribution in [-0.2, 0) is 4.79 Å². The van der Waals surface area contributed by atoms with E-state index in [4.69, 9.17) is 11.6 Å². The topological polar surface area (TPSA) is 69.6 Å². The lowest BCUT2D eigenvalue weighted by molar-refractivity contribution is -0.137. The molecule has 1 unspecified atom stereocenters. The summed E-state index contributed by atoms with van der Waals surface area (Å²) in [5, 5.41) is 0.734. The number of carbonyl (C=O) groups is 2. The number of carbonyl (C=O) groups excluding carboxylic acids is 2. The lowest BCUT2D eigenvalue weighted by atomic mass is 9.96. The number of para-hydroxylation sites is 1. The highest BCUT2D eigenvalue weighted by molar-refractivity contribution is 6.33. The molecule has 8 heteroatoms. The maximum atomic E-state index is 13.1. The molecule has 3 heterocycles. The highest BCUT2D eigenvalue weighted by atomic mass is 35.5. The van der Waals surface area contributed by atoms with Gasteiger partial charge < -0.3 is 14.7 Å². The molecule has 0 bridgehead atoms. The third-order valence-electron chi connectivity index (χ3n) is 5.62. The summed E-state index contributed by atoms with van der Waals surface area (Å²) in [5.74, 6) is -0.171. The number of hydrogen-bond donors (Lipinski definition) is 0. The minimum absolute atomic E-state index is 0.139. The molecule has 0 radical (unpaired) electrons. The van der Waals surface area contributed by atoms with E-state index in [-0.39, 0.29) is 17.7 Å². The van der Waals surface area contributed by atoms with Crippen LogP contribution in [-0.4, -0.2) is 70.9 Å². The van der Waals surface area contributed by atoms with Crippen LogP contribution < -0.4 is 4.90 Å². The molecule has 0 N–H and O–H groups in total. The zero-order chi connectivity index (χ0) is 20.2. The molecule has 2 aromatic rings. The van der Waals surface area contributed by atoms with Gasteiger partial charge in [0, 0.05) is 51.7 Å². The fourth-order valence-corrected chi connectivity index (χ4v) is 4.32. The van der Waals surface area contributed by atoms with Crippen molar-refractivity contribution in [3.8, 4) is 0 Å². The summed E-state index contributed by atoms with van der Waals surface area (Å²) in [4.78, 5) is 39.7. The second kappa shape index (κ2) is 8.78. The first-order valence-electron chi connectivity index (χ1n) is 9.97. The predicted octanol–water partition coefficient (Wildman–Crippen LogP) is 2.33. The van der Waals surface area contributed by atoms with Crippen molar-refractivity contribution in [3.05, 3.63) is 53.6 Å². The van der Waals surface area contributed by atoms with Gasteiger partial charge in [0.1, 0.15) is 5.69 Å². The number of anilines is 1. The van der Waals surface area contributed by atoms with Crippen LogP contribution in [0.15, 0.2) is 42.9 Å². The lowest BCUT2D eigenvalue weighted by Crippen LogP contribution is -2.53. The van der Waals surface area contributed by atoms with Gasteiger partial charge in [-0.1, -0.05) is 23.7 Å². The molecule has 2 amide bonds. The number of amides is 2. The molecular formula is C21H24ClN5O2. The van der Waals surface area contributed by atoms with E-state index in [1.54, 1.807) is 11.1 Å². The zero-order valence-corrected chi connectivity index (χ0v) is 17.0. The van der Waals surface area contributed by atoms with Gasteiger partial charge in [-0.25, -0.2) is 4.98 Å². The fraction of sp³-hybridized carbons (Fsp3) is 0.429. The first-order valence-corrected chi connectivity index (χ1v) is 10.3. The number of hydrogen-bond acceptors (Lipinski definition) is 5. The minimum atomic E-state index is -0.156. The standard InChI is InChI=1S/C21H24ClN5O2/c22-17-5-1-2-6-19(17)25-10-12-26(13-11-25)20(28)16-4-3-9-27(15-16)21(29)18-14-23-7-8-24-18/h1-2,5-8,14,16H,3-4,9-13,15H2. The second-order valence-corrected chi connectivity index (χ2v) is 7.85. The first kappa shape index (κ1) is 19.6. The van der Waals surface area contributed by atoms with Crippen molar-refractivity contribution in [2.75, 3.05) is 44.2 Å². The van der Waals surface area contributed by atoms with Gasteiger partial charge in [0.2, 0.25) is 5.91 Å². The van der Waals surface area contributed by atoms with Crippen LogP contribution in [0, 0.1) is 5.92 Å². The highest BCUT2D eigenvalue weighted by Crippen LogP contribution is 2.27. The normalized spacial score (nSPS) is 19.9.